The lowest BCUT2D eigenvalue weighted by Gasteiger charge is -2.16. The van der Waals surface area contributed by atoms with E-state index < -0.39 is 0 Å². The van der Waals surface area contributed by atoms with Gasteiger partial charge in [0.2, 0.25) is 11.9 Å². The number of nitrogens with one attached hydrogen (secondary N) is 1. The summed E-state index contributed by atoms with van der Waals surface area (Å²) in [5.41, 5.74) is 8.35. The maximum Gasteiger partial charge on any atom is 0.227 e. The lowest BCUT2D eigenvalue weighted by Crippen LogP contribution is -2.21. The Bertz CT molecular complexity index is 695. The minimum atomic E-state index is -0.0999. The highest BCUT2D eigenvalue weighted by molar-refractivity contribution is 5.89. The maximum atomic E-state index is 11.2. The van der Waals surface area contributed by atoms with Crippen molar-refractivity contribution in [3.8, 4) is 11.3 Å². The molecule has 0 spiro atoms. The highest BCUT2D eigenvalue weighted by Crippen LogP contribution is 2.25. The van der Waals surface area contributed by atoms with E-state index in [1.807, 2.05) is 24.3 Å². The SMILES string of the molecule is CC(=O)Nc1cccc(-c2cc(N)nc(N3CCCC3)n2)c1. The molecule has 2 aromatic rings. The Labute approximate surface area is 129 Å². The number of hydrogen-bond acceptors (Lipinski definition) is 5. The Morgan fingerprint density at radius 2 is 2.00 bits per heavy atom. The number of carbonyl (C=O) groups is 1. The number of nitrogen functional groups attached to an aromatic ring is 1. The van der Waals surface area contributed by atoms with Crippen LogP contribution in [0.2, 0.25) is 0 Å². The molecule has 22 heavy (non-hydrogen) atoms. The van der Waals surface area contributed by atoms with Crippen LogP contribution >= 0.6 is 0 Å². The summed E-state index contributed by atoms with van der Waals surface area (Å²) in [6.45, 7) is 3.42. The number of anilines is 3. The Morgan fingerprint density at radius 1 is 1.23 bits per heavy atom. The van der Waals surface area contributed by atoms with Gasteiger partial charge in [-0.1, -0.05) is 12.1 Å². The van der Waals surface area contributed by atoms with Crippen molar-refractivity contribution in [2.45, 2.75) is 19.8 Å². The van der Waals surface area contributed by atoms with Crippen LogP contribution in [0, 0.1) is 0 Å². The number of hydrogen-bond donors (Lipinski definition) is 2. The fraction of sp³-hybridized carbons (Fsp3) is 0.312. The van der Waals surface area contributed by atoms with Gasteiger partial charge in [0, 0.05) is 37.3 Å². The summed E-state index contributed by atoms with van der Waals surface area (Å²) >= 11 is 0. The first kappa shape index (κ1) is 14.3. The van der Waals surface area contributed by atoms with Gasteiger partial charge in [-0.2, -0.15) is 4.98 Å². The molecule has 0 radical (unpaired) electrons. The summed E-state index contributed by atoms with van der Waals surface area (Å²) in [4.78, 5) is 22.3. The van der Waals surface area contributed by atoms with Crippen molar-refractivity contribution in [1.82, 2.24) is 9.97 Å². The lowest BCUT2D eigenvalue weighted by molar-refractivity contribution is -0.114. The van der Waals surface area contributed by atoms with Crippen LogP contribution in [0.15, 0.2) is 30.3 Å². The Hall–Kier alpha value is -2.63. The van der Waals surface area contributed by atoms with Gasteiger partial charge in [-0.15, -0.1) is 0 Å². The number of rotatable bonds is 3. The molecule has 2 heterocycles. The first-order valence-corrected chi connectivity index (χ1v) is 7.39. The Morgan fingerprint density at radius 3 is 2.73 bits per heavy atom. The van der Waals surface area contributed by atoms with E-state index in [4.69, 9.17) is 5.73 Å². The van der Waals surface area contributed by atoms with Gasteiger partial charge in [-0.25, -0.2) is 4.98 Å². The quantitative estimate of drug-likeness (QED) is 0.908. The molecule has 6 heteroatoms. The molecule has 1 aliphatic rings. The molecule has 3 rings (SSSR count). The van der Waals surface area contributed by atoms with E-state index in [0.717, 1.165) is 42.9 Å². The second kappa shape index (κ2) is 6.01. The molecule has 0 aliphatic carbocycles. The monoisotopic (exact) mass is 297 g/mol. The molecule has 3 N–H and O–H groups in total. The molecule has 0 bridgehead atoms. The second-order valence-electron chi connectivity index (χ2n) is 5.43. The molecular formula is C16H19N5O. The second-order valence-corrected chi connectivity index (χ2v) is 5.43. The number of amides is 1. The maximum absolute atomic E-state index is 11.2. The highest BCUT2D eigenvalue weighted by Gasteiger charge is 2.16. The van der Waals surface area contributed by atoms with Crippen molar-refractivity contribution >= 4 is 23.4 Å². The van der Waals surface area contributed by atoms with Crippen LogP contribution in [-0.4, -0.2) is 29.0 Å². The predicted octanol–water partition coefficient (Wildman–Crippen LogP) is 2.28. The number of nitrogens with zero attached hydrogens (tertiary/aromatic N) is 3. The van der Waals surface area contributed by atoms with Crippen LogP contribution in [0.5, 0.6) is 0 Å². The average Bonchev–Trinajstić information content (AvgIpc) is 3.00. The van der Waals surface area contributed by atoms with Gasteiger partial charge in [-0.3, -0.25) is 4.79 Å². The van der Waals surface area contributed by atoms with Crippen LogP contribution in [-0.2, 0) is 4.79 Å². The predicted molar refractivity (Wildman–Crippen MR) is 87.6 cm³/mol. The Kier molecular flexibility index (Phi) is 3.91. The molecule has 0 saturated carbocycles. The lowest BCUT2D eigenvalue weighted by atomic mass is 10.1. The zero-order valence-electron chi connectivity index (χ0n) is 12.5. The third-order valence-electron chi connectivity index (χ3n) is 3.60. The summed E-state index contributed by atoms with van der Waals surface area (Å²) in [6.07, 6.45) is 2.32. The van der Waals surface area contributed by atoms with Crippen molar-refractivity contribution in [1.29, 1.82) is 0 Å². The van der Waals surface area contributed by atoms with E-state index in [0.29, 0.717) is 11.8 Å². The molecule has 1 saturated heterocycles. The molecule has 6 nitrogen and oxygen atoms in total. The third-order valence-corrected chi connectivity index (χ3v) is 3.60. The summed E-state index contributed by atoms with van der Waals surface area (Å²) in [7, 11) is 0. The molecule has 1 aromatic heterocycles. The highest BCUT2D eigenvalue weighted by atomic mass is 16.1. The van der Waals surface area contributed by atoms with Crippen molar-refractivity contribution in [3.05, 3.63) is 30.3 Å². The van der Waals surface area contributed by atoms with Crippen LogP contribution in [0.1, 0.15) is 19.8 Å². The number of aromatic nitrogens is 2. The third kappa shape index (κ3) is 3.16. The van der Waals surface area contributed by atoms with E-state index in [2.05, 4.69) is 20.2 Å². The van der Waals surface area contributed by atoms with Gasteiger partial charge in [-0.05, 0) is 25.0 Å². The topological polar surface area (TPSA) is 84.1 Å². The van der Waals surface area contributed by atoms with E-state index >= 15 is 0 Å². The van der Waals surface area contributed by atoms with Crippen molar-refractivity contribution in [2.75, 3.05) is 29.0 Å². The summed E-state index contributed by atoms with van der Waals surface area (Å²) in [5.74, 6) is 1.03. The molecule has 0 atom stereocenters. The Balaban J connectivity index is 1.95. The fourth-order valence-corrected chi connectivity index (χ4v) is 2.62. The van der Waals surface area contributed by atoms with E-state index in [1.54, 1.807) is 6.07 Å². The average molecular weight is 297 g/mol. The van der Waals surface area contributed by atoms with E-state index in [-0.39, 0.29) is 5.91 Å². The largest absolute Gasteiger partial charge is 0.384 e. The first-order valence-electron chi connectivity index (χ1n) is 7.39. The minimum Gasteiger partial charge on any atom is -0.384 e. The molecule has 1 fully saturated rings. The standard InChI is InChI=1S/C16H19N5O/c1-11(22)18-13-6-4-5-12(9-13)14-10-15(17)20-16(19-14)21-7-2-3-8-21/h4-6,9-10H,2-3,7-8H2,1H3,(H,18,22)(H2,17,19,20). The van der Waals surface area contributed by atoms with Crippen LogP contribution in [0.25, 0.3) is 11.3 Å². The first-order chi connectivity index (χ1) is 10.6. The van der Waals surface area contributed by atoms with Gasteiger partial charge < -0.3 is 16.0 Å². The van der Waals surface area contributed by atoms with Crippen molar-refractivity contribution in [3.63, 3.8) is 0 Å². The van der Waals surface area contributed by atoms with Crippen LogP contribution in [0.3, 0.4) is 0 Å². The molecular weight excluding hydrogens is 278 g/mol. The fourth-order valence-electron chi connectivity index (χ4n) is 2.62. The van der Waals surface area contributed by atoms with Gasteiger partial charge in [0.1, 0.15) is 5.82 Å². The summed E-state index contributed by atoms with van der Waals surface area (Å²) < 4.78 is 0. The van der Waals surface area contributed by atoms with Crippen LogP contribution in [0.4, 0.5) is 17.5 Å². The zero-order chi connectivity index (χ0) is 15.5. The molecule has 1 aromatic carbocycles. The molecule has 1 amide bonds. The molecule has 1 aliphatic heterocycles. The van der Waals surface area contributed by atoms with Crippen molar-refractivity contribution < 1.29 is 4.79 Å². The number of nitrogens with two attached hydrogens (primary N) is 1. The van der Waals surface area contributed by atoms with Gasteiger partial charge in [0.25, 0.3) is 0 Å². The smallest absolute Gasteiger partial charge is 0.227 e. The van der Waals surface area contributed by atoms with Crippen LogP contribution < -0.4 is 16.0 Å². The normalized spacial score (nSPS) is 14.1. The number of carbonyl (C=O) groups excluding carboxylic acids is 1. The van der Waals surface area contributed by atoms with Crippen molar-refractivity contribution in [2.24, 2.45) is 0 Å². The summed E-state index contributed by atoms with van der Waals surface area (Å²) in [5, 5.41) is 2.78. The minimum absolute atomic E-state index is 0.0999. The number of benzene rings is 1. The van der Waals surface area contributed by atoms with E-state index in [9.17, 15) is 4.79 Å². The molecule has 0 unspecified atom stereocenters. The zero-order valence-corrected chi connectivity index (χ0v) is 12.5. The molecule has 114 valence electrons. The summed E-state index contributed by atoms with van der Waals surface area (Å²) in [6, 6.07) is 9.31. The van der Waals surface area contributed by atoms with E-state index in [1.165, 1.54) is 6.92 Å². The van der Waals surface area contributed by atoms with Gasteiger partial charge in [0.15, 0.2) is 0 Å². The van der Waals surface area contributed by atoms with Gasteiger partial charge >= 0.3 is 0 Å². The van der Waals surface area contributed by atoms with Gasteiger partial charge in [0.05, 0.1) is 5.69 Å².